The van der Waals surface area contributed by atoms with E-state index in [2.05, 4.69) is 13.8 Å². The zero-order valence-corrected chi connectivity index (χ0v) is 28.8. The molecule has 0 heterocycles. The van der Waals surface area contributed by atoms with Gasteiger partial charge in [0.25, 0.3) is 0 Å². The Morgan fingerprint density at radius 3 is 0.822 bits per heavy atom. The van der Waals surface area contributed by atoms with Crippen molar-refractivity contribution in [1.29, 1.82) is 0 Å². The molecule has 0 radical (unpaired) electrons. The average molecular weight is 641 g/mol. The molecule has 264 valence electrons. The molecule has 0 aliphatic rings. The van der Waals surface area contributed by atoms with Gasteiger partial charge in [0.15, 0.2) is 0 Å². The summed E-state index contributed by atoms with van der Waals surface area (Å²) in [6.07, 6.45) is 15.9. The predicted octanol–water partition coefficient (Wildman–Crippen LogP) is 7.28. The zero-order chi connectivity index (χ0) is 33.7. The molecule has 0 aromatic heterocycles. The normalized spacial score (nSPS) is 14.2. The summed E-state index contributed by atoms with van der Waals surface area (Å²) in [5.74, 6) is -0.0217. The van der Waals surface area contributed by atoms with Crippen molar-refractivity contribution in [3.8, 4) is 0 Å². The molecule has 0 aromatic carbocycles. The number of aliphatic hydroxyl groups is 4. The lowest BCUT2D eigenvalue weighted by Gasteiger charge is -2.11. The number of carbonyl (C=O) groups is 4. The first kappa shape index (κ1) is 43.5. The fraction of sp³-hybridized carbons (Fsp3) is 0.892. The molecule has 0 spiro atoms. The van der Waals surface area contributed by atoms with Crippen LogP contribution >= 0.6 is 0 Å². The minimum absolute atomic E-state index is 0.00115. The van der Waals surface area contributed by atoms with E-state index in [-0.39, 0.29) is 48.8 Å². The maximum Gasteiger partial charge on any atom is 0.135 e. The van der Waals surface area contributed by atoms with E-state index in [0.29, 0.717) is 64.2 Å². The first-order valence-electron chi connectivity index (χ1n) is 18.4. The number of hydrogen-bond donors (Lipinski definition) is 4. The Morgan fingerprint density at radius 1 is 0.356 bits per heavy atom. The predicted molar refractivity (Wildman–Crippen MR) is 180 cm³/mol. The molecule has 0 aliphatic carbocycles. The molecule has 4 N–H and O–H groups in total. The van der Waals surface area contributed by atoms with Crippen LogP contribution in [0.2, 0.25) is 0 Å². The Labute approximate surface area is 274 Å². The minimum atomic E-state index is -0.633. The molecule has 45 heavy (non-hydrogen) atoms. The van der Waals surface area contributed by atoms with Crippen LogP contribution in [-0.2, 0) is 19.2 Å². The van der Waals surface area contributed by atoms with Crippen LogP contribution in [0, 0.1) is 0 Å². The fourth-order valence-electron chi connectivity index (χ4n) is 5.74. The number of hydrogen-bond acceptors (Lipinski definition) is 8. The number of rotatable bonds is 34. The van der Waals surface area contributed by atoms with Gasteiger partial charge < -0.3 is 20.4 Å². The molecular formula is C37H68O8. The van der Waals surface area contributed by atoms with Crippen LogP contribution in [0.25, 0.3) is 0 Å². The average Bonchev–Trinajstić information content (AvgIpc) is 2.96. The second-order valence-electron chi connectivity index (χ2n) is 13.3. The van der Waals surface area contributed by atoms with E-state index >= 15 is 0 Å². The number of aliphatic hydroxyl groups excluding tert-OH is 4. The fourth-order valence-corrected chi connectivity index (χ4v) is 5.74. The van der Waals surface area contributed by atoms with Crippen LogP contribution in [0.4, 0.5) is 0 Å². The van der Waals surface area contributed by atoms with E-state index < -0.39 is 24.4 Å². The Kier molecular flexibility index (Phi) is 28.9. The van der Waals surface area contributed by atoms with E-state index in [9.17, 15) is 39.6 Å². The zero-order valence-electron chi connectivity index (χ0n) is 28.8. The van der Waals surface area contributed by atoms with E-state index in [1.807, 2.05) is 0 Å². The van der Waals surface area contributed by atoms with Crippen molar-refractivity contribution in [3.05, 3.63) is 0 Å². The van der Waals surface area contributed by atoms with Gasteiger partial charge in [0.1, 0.15) is 23.1 Å². The Balaban J connectivity index is 3.68. The molecule has 0 saturated heterocycles. The number of Topliss-reactive ketones (excluding diaryl/α,β-unsaturated/α-hetero) is 4. The van der Waals surface area contributed by atoms with Crippen molar-refractivity contribution in [2.45, 2.75) is 212 Å². The first-order valence-corrected chi connectivity index (χ1v) is 18.4. The lowest BCUT2D eigenvalue weighted by Crippen LogP contribution is -2.15. The van der Waals surface area contributed by atoms with Gasteiger partial charge in [0.2, 0.25) is 0 Å². The van der Waals surface area contributed by atoms with Gasteiger partial charge in [0.05, 0.1) is 24.4 Å². The number of ketones is 4. The van der Waals surface area contributed by atoms with E-state index in [0.717, 1.165) is 83.5 Å². The monoisotopic (exact) mass is 640 g/mol. The van der Waals surface area contributed by atoms with E-state index in [1.54, 1.807) is 0 Å². The van der Waals surface area contributed by atoms with Crippen LogP contribution in [0.1, 0.15) is 187 Å². The summed E-state index contributed by atoms with van der Waals surface area (Å²) >= 11 is 0. The van der Waals surface area contributed by atoms with Gasteiger partial charge >= 0.3 is 0 Å². The van der Waals surface area contributed by atoms with Gasteiger partial charge in [-0.25, -0.2) is 0 Å². The van der Waals surface area contributed by atoms with Gasteiger partial charge in [-0.1, -0.05) is 97.3 Å². The van der Waals surface area contributed by atoms with Gasteiger partial charge in [0, 0.05) is 51.4 Å². The molecule has 4 atom stereocenters. The lowest BCUT2D eigenvalue weighted by molar-refractivity contribution is -0.124. The maximum absolute atomic E-state index is 12.1. The summed E-state index contributed by atoms with van der Waals surface area (Å²) in [6.45, 7) is 4.20. The molecule has 0 saturated carbocycles. The van der Waals surface area contributed by atoms with Crippen molar-refractivity contribution in [3.63, 3.8) is 0 Å². The minimum Gasteiger partial charge on any atom is -0.393 e. The van der Waals surface area contributed by atoms with E-state index in [1.165, 1.54) is 0 Å². The summed E-state index contributed by atoms with van der Waals surface area (Å²) < 4.78 is 0. The molecule has 0 amide bonds. The largest absolute Gasteiger partial charge is 0.393 e. The third kappa shape index (κ3) is 29.7. The van der Waals surface area contributed by atoms with Gasteiger partial charge in [-0.3, -0.25) is 19.2 Å². The summed E-state index contributed by atoms with van der Waals surface area (Å²) in [4.78, 5) is 48.2. The third-order valence-corrected chi connectivity index (χ3v) is 8.53. The SMILES string of the molecule is CCCCCC(O)CC(=O)CCCC(=O)CC(O)CCCCCCCCCC(O)CC(=O)CCCC(=O)CC(O)CCCCC. The smallest absolute Gasteiger partial charge is 0.135 e. The topological polar surface area (TPSA) is 149 Å². The summed E-state index contributed by atoms with van der Waals surface area (Å²) in [5, 5.41) is 40.2. The molecule has 0 aliphatic heterocycles. The summed E-state index contributed by atoms with van der Waals surface area (Å²) in [5.41, 5.74) is 0. The molecule has 8 heteroatoms. The van der Waals surface area contributed by atoms with Crippen molar-refractivity contribution < 1.29 is 39.6 Å². The summed E-state index contributed by atoms with van der Waals surface area (Å²) in [7, 11) is 0. The van der Waals surface area contributed by atoms with Crippen molar-refractivity contribution >= 4 is 23.1 Å². The third-order valence-electron chi connectivity index (χ3n) is 8.53. The quantitative estimate of drug-likeness (QED) is 0.0536. The Hall–Kier alpha value is -1.48. The molecule has 8 nitrogen and oxygen atoms in total. The first-order chi connectivity index (χ1) is 21.6. The molecule has 0 rings (SSSR count). The molecule has 0 fully saturated rings. The summed E-state index contributed by atoms with van der Waals surface area (Å²) in [6, 6.07) is 0. The van der Waals surface area contributed by atoms with Gasteiger partial charge in [-0.15, -0.1) is 0 Å². The highest BCUT2D eigenvalue weighted by molar-refractivity contribution is 5.82. The van der Waals surface area contributed by atoms with Crippen molar-refractivity contribution in [2.24, 2.45) is 0 Å². The van der Waals surface area contributed by atoms with Gasteiger partial charge in [-0.05, 0) is 38.5 Å². The number of unbranched alkanes of at least 4 members (excludes halogenated alkanes) is 10. The van der Waals surface area contributed by atoms with E-state index in [4.69, 9.17) is 0 Å². The van der Waals surface area contributed by atoms with Crippen molar-refractivity contribution in [2.75, 3.05) is 0 Å². The highest BCUT2D eigenvalue weighted by atomic mass is 16.3. The highest BCUT2D eigenvalue weighted by Crippen LogP contribution is 2.16. The Bertz CT molecular complexity index is 706. The van der Waals surface area contributed by atoms with Crippen molar-refractivity contribution in [1.82, 2.24) is 0 Å². The maximum atomic E-state index is 12.1. The molecule has 0 bridgehead atoms. The number of carbonyl (C=O) groups excluding carboxylic acids is 4. The lowest BCUT2D eigenvalue weighted by atomic mass is 9.99. The highest BCUT2D eigenvalue weighted by Gasteiger charge is 2.15. The van der Waals surface area contributed by atoms with Gasteiger partial charge in [-0.2, -0.15) is 0 Å². The molecule has 4 unspecified atom stereocenters. The van der Waals surface area contributed by atoms with Crippen LogP contribution < -0.4 is 0 Å². The van der Waals surface area contributed by atoms with Crippen LogP contribution in [0.5, 0.6) is 0 Å². The van der Waals surface area contributed by atoms with Crippen LogP contribution in [0.3, 0.4) is 0 Å². The molecule has 0 aromatic rings. The Morgan fingerprint density at radius 2 is 0.578 bits per heavy atom. The van der Waals surface area contributed by atoms with Crippen LogP contribution in [-0.4, -0.2) is 68.0 Å². The second-order valence-corrected chi connectivity index (χ2v) is 13.3. The molecular weight excluding hydrogens is 572 g/mol. The standard InChI is InChI=1S/C37H68O8/c1-3-5-12-18-30(38)26-34(42)22-16-24-36(44)28-32(40)20-14-10-8-7-9-11-15-21-33(41)29-37(45)25-17-23-35(43)27-31(39)19-13-6-4-2/h30-33,38-41H,3-29H2,1-2H3. The van der Waals surface area contributed by atoms with Crippen LogP contribution in [0.15, 0.2) is 0 Å². The second kappa shape index (κ2) is 29.9.